The standard InChI is InChI=1S/C23H27N3O2/c1-17-15-22(18(2)26(17)16-21-7-6-14-28-21)23(27)24-19-8-10-20(11-9-19)25-12-4-3-5-13-25/h6-11,14-15H,3-5,12-13,16H2,1-2H3,(H,24,27). The fourth-order valence-corrected chi connectivity index (χ4v) is 3.94. The molecule has 1 aromatic carbocycles. The molecule has 1 amide bonds. The van der Waals surface area contributed by atoms with Crippen molar-refractivity contribution in [3.05, 3.63) is 71.4 Å². The van der Waals surface area contributed by atoms with Crippen LogP contribution in [0.25, 0.3) is 0 Å². The van der Waals surface area contributed by atoms with Crippen molar-refractivity contribution in [1.82, 2.24) is 4.57 Å². The molecular formula is C23H27N3O2. The molecule has 0 unspecified atom stereocenters. The zero-order valence-corrected chi connectivity index (χ0v) is 16.6. The second kappa shape index (κ2) is 7.97. The van der Waals surface area contributed by atoms with Crippen LogP contribution in [0.1, 0.15) is 46.8 Å². The summed E-state index contributed by atoms with van der Waals surface area (Å²) in [4.78, 5) is 15.2. The summed E-state index contributed by atoms with van der Waals surface area (Å²) in [6.07, 6.45) is 5.51. The SMILES string of the molecule is Cc1cc(C(=O)Nc2ccc(N3CCCCC3)cc2)c(C)n1Cc1ccco1. The Morgan fingerprint density at radius 1 is 1.07 bits per heavy atom. The Kier molecular flexibility index (Phi) is 5.24. The molecule has 2 aromatic heterocycles. The van der Waals surface area contributed by atoms with E-state index >= 15 is 0 Å². The number of nitrogens with zero attached hydrogens (tertiary/aromatic N) is 2. The van der Waals surface area contributed by atoms with Gasteiger partial charge in [0.1, 0.15) is 5.76 Å². The maximum Gasteiger partial charge on any atom is 0.257 e. The van der Waals surface area contributed by atoms with Gasteiger partial charge in [0.05, 0.1) is 18.4 Å². The Hall–Kier alpha value is -2.95. The average molecular weight is 377 g/mol. The first kappa shape index (κ1) is 18.4. The number of benzene rings is 1. The fourth-order valence-electron chi connectivity index (χ4n) is 3.94. The van der Waals surface area contributed by atoms with Crippen molar-refractivity contribution in [3.8, 4) is 0 Å². The molecule has 0 saturated carbocycles. The van der Waals surface area contributed by atoms with Gasteiger partial charge < -0.3 is 19.2 Å². The van der Waals surface area contributed by atoms with Gasteiger partial charge in [0, 0.05) is 35.9 Å². The summed E-state index contributed by atoms with van der Waals surface area (Å²) in [6.45, 7) is 6.85. The number of amides is 1. The summed E-state index contributed by atoms with van der Waals surface area (Å²) in [5.41, 5.74) is 4.73. The highest BCUT2D eigenvalue weighted by Gasteiger charge is 2.17. The van der Waals surface area contributed by atoms with Crippen molar-refractivity contribution < 1.29 is 9.21 Å². The zero-order valence-electron chi connectivity index (χ0n) is 16.6. The van der Waals surface area contributed by atoms with Crippen molar-refractivity contribution in [1.29, 1.82) is 0 Å². The van der Waals surface area contributed by atoms with Crippen LogP contribution < -0.4 is 10.2 Å². The number of carbonyl (C=O) groups excluding carboxylic acids is 1. The molecule has 28 heavy (non-hydrogen) atoms. The van der Waals surface area contributed by atoms with Crippen LogP contribution in [0.5, 0.6) is 0 Å². The lowest BCUT2D eigenvalue weighted by atomic mass is 10.1. The predicted molar refractivity (Wildman–Crippen MR) is 112 cm³/mol. The average Bonchev–Trinajstić information content (AvgIpc) is 3.33. The molecule has 0 aliphatic carbocycles. The first-order chi connectivity index (χ1) is 13.6. The molecule has 1 aliphatic rings. The molecule has 0 spiro atoms. The van der Waals surface area contributed by atoms with E-state index in [1.54, 1.807) is 6.26 Å². The normalized spacial score (nSPS) is 14.3. The molecule has 1 aliphatic heterocycles. The van der Waals surface area contributed by atoms with Gasteiger partial charge in [0.25, 0.3) is 5.91 Å². The molecule has 1 fully saturated rings. The first-order valence-corrected chi connectivity index (χ1v) is 9.97. The van der Waals surface area contributed by atoms with E-state index in [9.17, 15) is 4.79 Å². The van der Waals surface area contributed by atoms with E-state index in [-0.39, 0.29) is 5.91 Å². The third-order valence-electron chi connectivity index (χ3n) is 5.56. The number of hydrogen-bond acceptors (Lipinski definition) is 3. The van der Waals surface area contributed by atoms with Crippen LogP contribution in [-0.2, 0) is 6.54 Å². The number of anilines is 2. The van der Waals surface area contributed by atoms with E-state index < -0.39 is 0 Å². The van der Waals surface area contributed by atoms with Crippen LogP contribution in [0.3, 0.4) is 0 Å². The summed E-state index contributed by atoms with van der Waals surface area (Å²) in [6, 6.07) is 13.9. The third kappa shape index (κ3) is 3.84. The maximum atomic E-state index is 12.8. The smallest absolute Gasteiger partial charge is 0.257 e. The van der Waals surface area contributed by atoms with Gasteiger partial charge in [-0.2, -0.15) is 0 Å². The van der Waals surface area contributed by atoms with Gasteiger partial charge in [-0.05, 0) is 75.6 Å². The van der Waals surface area contributed by atoms with Crippen molar-refractivity contribution in [3.63, 3.8) is 0 Å². The van der Waals surface area contributed by atoms with E-state index in [1.165, 1.54) is 24.9 Å². The number of furan rings is 1. The molecule has 5 nitrogen and oxygen atoms in total. The molecule has 0 atom stereocenters. The largest absolute Gasteiger partial charge is 0.467 e. The molecule has 0 bridgehead atoms. The Labute approximate surface area is 166 Å². The van der Waals surface area contributed by atoms with Gasteiger partial charge in [0.2, 0.25) is 0 Å². The second-order valence-corrected chi connectivity index (χ2v) is 7.50. The highest BCUT2D eigenvalue weighted by molar-refractivity contribution is 6.05. The number of carbonyl (C=O) groups is 1. The molecule has 146 valence electrons. The topological polar surface area (TPSA) is 50.4 Å². The predicted octanol–water partition coefficient (Wildman–Crippen LogP) is 4.99. The Balaban J connectivity index is 1.46. The monoisotopic (exact) mass is 377 g/mol. The van der Waals surface area contributed by atoms with Crippen LogP contribution >= 0.6 is 0 Å². The number of aryl methyl sites for hydroxylation is 1. The van der Waals surface area contributed by atoms with Crippen LogP contribution in [0, 0.1) is 13.8 Å². The van der Waals surface area contributed by atoms with Crippen LogP contribution in [0.15, 0.2) is 53.1 Å². The highest BCUT2D eigenvalue weighted by atomic mass is 16.3. The van der Waals surface area contributed by atoms with E-state index in [1.807, 2.05) is 44.2 Å². The summed E-state index contributed by atoms with van der Waals surface area (Å²) >= 11 is 0. The lowest BCUT2D eigenvalue weighted by Crippen LogP contribution is -2.29. The number of nitrogens with one attached hydrogen (secondary N) is 1. The molecule has 4 rings (SSSR count). The van der Waals surface area contributed by atoms with Crippen molar-refractivity contribution in [2.75, 3.05) is 23.3 Å². The minimum atomic E-state index is -0.0792. The lowest BCUT2D eigenvalue weighted by molar-refractivity contribution is 0.102. The minimum absolute atomic E-state index is 0.0792. The van der Waals surface area contributed by atoms with Gasteiger partial charge in [-0.3, -0.25) is 4.79 Å². The zero-order chi connectivity index (χ0) is 19.5. The van der Waals surface area contributed by atoms with Crippen molar-refractivity contribution >= 4 is 17.3 Å². The Bertz CT molecular complexity index is 933. The van der Waals surface area contributed by atoms with Crippen LogP contribution in [0.2, 0.25) is 0 Å². The van der Waals surface area contributed by atoms with Crippen molar-refractivity contribution in [2.45, 2.75) is 39.7 Å². The maximum absolute atomic E-state index is 12.8. The third-order valence-corrected chi connectivity index (χ3v) is 5.56. The minimum Gasteiger partial charge on any atom is -0.467 e. The second-order valence-electron chi connectivity index (χ2n) is 7.50. The Morgan fingerprint density at radius 3 is 2.50 bits per heavy atom. The Morgan fingerprint density at radius 2 is 1.82 bits per heavy atom. The molecular weight excluding hydrogens is 350 g/mol. The summed E-state index contributed by atoms with van der Waals surface area (Å²) < 4.78 is 7.55. The first-order valence-electron chi connectivity index (χ1n) is 9.97. The number of rotatable bonds is 5. The van der Waals surface area contributed by atoms with Crippen LogP contribution in [-0.4, -0.2) is 23.6 Å². The molecule has 3 aromatic rings. The molecule has 5 heteroatoms. The van der Waals surface area contributed by atoms with Gasteiger partial charge in [0.15, 0.2) is 0 Å². The lowest BCUT2D eigenvalue weighted by Gasteiger charge is -2.28. The summed E-state index contributed by atoms with van der Waals surface area (Å²) in [5, 5.41) is 3.03. The van der Waals surface area contributed by atoms with Crippen LogP contribution in [0.4, 0.5) is 11.4 Å². The molecule has 1 N–H and O–H groups in total. The summed E-state index contributed by atoms with van der Waals surface area (Å²) in [7, 11) is 0. The molecule has 1 saturated heterocycles. The quantitative estimate of drug-likeness (QED) is 0.681. The highest BCUT2D eigenvalue weighted by Crippen LogP contribution is 2.23. The van der Waals surface area contributed by atoms with E-state index in [0.717, 1.165) is 35.9 Å². The molecule has 3 heterocycles. The fraction of sp³-hybridized carbons (Fsp3) is 0.348. The van der Waals surface area contributed by atoms with Gasteiger partial charge in [-0.15, -0.1) is 0 Å². The van der Waals surface area contributed by atoms with Gasteiger partial charge in [-0.1, -0.05) is 0 Å². The number of hydrogen-bond donors (Lipinski definition) is 1. The van der Waals surface area contributed by atoms with E-state index in [0.29, 0.717) is 12.1 Å². The molecule has 0 radical (unpaired) electrons. The number of piperidine rings is 1. The number of aromatic nitrogens is 1. The van der Waals surface area contributed by atoms with Gasteiger partial charge >= 0.3 is 0 Å². The van der Waals surface area contributed by atoms with Gasteiger partial charge in [-0.25, -0.2) is 0 Å². The van der Waals surface area contributed by atoms with E-state index in [4.69, 9.17) is 4.42 Å². The summed E-state index contributed by atoms with van der Waals surface area (Å²) in [5.74, 6) is 0.798. The van der Waals surface area contributed by atoms with Crippen molar-refractivity contribution in [2.24, 2.45) is 0 Å². The van der Waals surface area contributed by atoms with E-state index in [2.05, 4.69) is 26.9 Å².